The fraction of sp³-hybridized carbons (Fsp3) is 0.318. The third-order valence-electron chi connectivity index (χ3n) is 4.85. The lowest BCUT2D eigenvalue weighted by atomic mass is 10.2. The number of aliphatic hydroxyl groups excluding tert-OH is 1. The van der Waals surface area contributed by atoms with Crippen LogP contribution in [0.15, 0.2) is 71.3 Å². The molecule has 0 radical (unpaired) electrons. The molecule has 0 aliphatic heterocycles. The van der Waals surface area contributed by atoms with Crippen LogP contribution >= 0.6 is 0 Å². The molecule has 4 nitrogen and oxygen atoms in total. The number of hydrogen-bond donors (Lipinski definition) is 1. The van der Waals surface area contributed by atoms with Crippen molar-refractivity contribution in [2.75, 3.05) is 0 Å². The van der Waals surface area contributed by atoms with Gasteiger partial charge in [0.1, 0.15) is 18.1 Å². The number of nitrogens with zero attached hydrogens (tertiary/aromatic N) is 1. The van der Waals surface area contributed by atoms with E-state index in [0.29, 0.717) is 11.6 Å². The second-order valence-corrected chi connectivity index (χ2v) is 12.0. The van der Waals surface area contributed by atoms with Gasteiger partial charge < -0.3 is 13.9 Å². The number of hydrogen-bond acceptors (Lipinski definition) is 4. The zero-order valence-electron chi connectivity index (χ0n) is 16.3. The van der Waals surface area contributed by atoms with E-state index in [4.69, 9.17) is 8.84 Å². The van der Waals surface area contributed by atoms with Crippen molar-refractivity contribution < 1.29 is 13.9 Å². The first-order valence-corrected chi connectivity index (χ1v) is 11.1. The second-order valence-electron chi connectivity index (χ2n) is 7.76. The fourth-order valence-corrected chi connectivity index (χ4v) is 8.23. The Morgan fingerprint density at radius 2 is 1.52 bits per heavy atom. The Hall–Kier alpha value is -2.21. The molecule has 1 aromatic heterocycles. The predicted molar refractivity (Wildman–Crippen MR) is 110 cm³/mol. The van der Waals surface area contributed by atoms with Crippen molar-refractivity contribution in [3.63, 3.8) is 0 Å². The molecule has 3 rings (SSSR count). The monoisotopic (exact) mass is 381 g/mol. The van der Waals surface area contributed by atoms with Crippen LogP contribution in [0.25, 0.3) is 0 Å². The van der Waals surface area contributed by atoms with Crippen molar-refractivity contribution in [1.82, 2.24) is 4.98 Å². The van der Waals surface area contributed by atoms with E-state index in [1.807, 2.05) is 19.1 Å². The first-order chi connectivity index (χ1) is 12.9. The molecule has 3 aromatic rings. The van der Waals surface area contributed by atoms with Gasteiger partial charge in [-0.3, -0.25) is 0 Å². The summed E-state index contributed by atoms with van der Waals surface area (Å²) in [5, 5.41) is 11.6. The summed E-state index contributed by atoms with van der Waals surface area (Å²) in [5.74, 6) is 0.493. The highest BCUT2D eigenvalue weighted by Gasteiger charge is 2.51. The summed E-state index contributed by atoms with van der Waals surface area (Å²) in [6.07, 6.45) is 1.15. The lowest BCUT2D eigenvalue weighted by molar-refractivity contribution is 0.175. The topological polar surface area (TPSA) is 55.5 Å². The van der Waals surface area contributed by atoms with Gasteiger partial charge in [0, 0.05) is 0 Å². The van der Waals surface area contributed by atoms with Crippen molar-refractivity contribution in [3.05, 3.63) is 78.5 Å². The summed E-state index contributed by atoms with van der Waals surface area (Å²) < 4.78 is 12.5. The van der Waals surface area contributed by atoms with Gasteiger partial charge >= 0.3 is 0 Å². The first-order valence-electron chi connectivity index (χ1n) is 9.22. The van der Waals surface area contributed by atoms with E-state index in [2.05, 4.69) is 74.3 Å². The van der Waals surface area contributed by atoms with Crippen molar-refractivity contribution in [2.45, 2.75) is 45.4 Å². The van der Waals surface area contributed by atoms with Crippen LogP contribution in [-0.4, -0.2) is 18.4 Å². The second kappa shape index (κ2) is 7.80. The summed E-state index contributed by atoms with van der Waals surface area (Å²) in [5.41, 5.74) is 0.517. The average molecular weight is 382 g/mol. The van der Waals surface area contributed by atoms with Crippen molar-refractivity contribution in [1.29, 1.82) is 0 Å². The average Bonchev–Trinajstić information content (AvgIpc) is 3.16. The quantitative estimate of drug-likeness (QED) is 0.660. The molecule has 0 fully saturated rings. The molecule has 0 aliphatic rings. The first kappa shape index (κ1) is 19.5. The van der Waals surface area contributed by atoms with Crippen LogP contribution in [0.3, 0.4) is 0 Å². The van der Waals surface area contributed by atoms with E-state index in [-0.39, 0.29) is 17.7 Å². The molecular formula is C22H27NO3Si. The van der Waals surface area contributed by atoms with Crippen LogP contribution in [0, 0.1) is 0 Å². The van der Waals surface area contributed by atoms with Crippen molar-refractivity contribution in [3.8, 4) is 0 Å². The molecule has 2 aromatic carbocycles. The SMILES string of the molecule is C[C@H](O[Si](c1ccccc1)(c1ccccc1)C(C)(C)C)c1nc(CO)co1. The van der Waals surface area contributed by atoms with Crippen LogP contribution in [0.5, 0.6) is 0 Å². The third kappa shape index (κ3) is 3.76. The van der Waals surface area contributed by atoms with E-state index < -0.39 is 8.32 Å². The number of rotatable bonds is 6. The summed E-state index contributed by atoms with van der Waals surface area (Å²) in [4.78, 5) is 4.36. The normalized spacial score (nSPS) is 13.5. The van der Waals surface area contributed by atoms with Gasteiger partial charge in [0.15, 0.2) is 0 Å². The van der Waals surface area contributed by atoms with Gasteiger partial charge in [-0.2, -0.15) is 0 Å². The van der Waals surface area contributed by atoms with E-state index in [1.54, 1.807) is 0 Å². The number of oxazole rings is 1. The smallest absolute Gasteiger partial charge is 0.262 e. The Balaban J connectivity index is 2.14. The van der Waals surface area contributed by atoms with Crippen LogP contribution in [0.4, 0.5) is 0 Å². The molecule has 1 atom stereocenters. The van der Waals surface area contributed by atoms with Crippen molar-refractivity contribution >= 4 is 18.7 Å². The van der Waals surface area contributed by atoms with Crippen molar-refractivity contribution in [2.24, 2.45) is 0 Å². The molecule has 0 spiro atoms. The Morgan fingerprint density at radius 3 is 1.93 bits per heavy atom. The standard InChI is InChI=1S/C22H27NO3Si/c1-17(21-23-18(15-24)16-25-21)26-27(22(2,3)4,19-11-7-5-8-12-19)20-13-9-6-10-14-20/h5-14,16-17,24H,15H2,1-4H3/t17-/m0/s1. The van der Waals surface area contributed by atoms with Gasteiger partial charge in [-0.05, 0) is 22.3 Å². The molecule has 0 saturated heterocycles. The number of aliphatic hydroxyl groups is 1. The maximum Gasteiger partial charge on any atom is 0.262 e. The highest BCUT2D eigenvalue weighted by Crippen LogP contribution is 2.39. The zero-order valence-corrected chi connectivity index (χ0v) is 17.3. The van der Waals surface area contributed by atoms with Crippen LogP contribution in [0.1, 0.15) is 45.4 Å². The maximum absolute atomic E-state index is 9.30. The molecular weight excluding hydrogens is 354 g/mol. The molecule has 5 heteroatoms. The highest BCUT2D eigenvalue weighted by molar-refractivity contribution is 6.99. The zero-order chi connectivity index (χ0) is 19.5. The van der Waals surface area contributed by atoms with Crippen LogP contribution < -0.4 is 10.4 Å². The summed E-state index contributed by atoms with van der Waals surface area (Å²) >= 11 is 0. The summed E-state index contributed by atoms with van der Waals surface area (Å²) in [6, 6.07) is 20.9. The van der Waals surface area contributed by atoms with E-state index in [9.17, 15) is 5.11 Å². The van der Waals surface area contributed by atoms with Gasteiger partial charge in [-0.15, -0.1) is 0 Å². The minimum atomic E-state index is -2.66. The maximum atomic E-state index is 9.30. The molecule has 0 aliphatic carbocycles. The summed E-state index contributed by atoms with van der Waals surface area (Å²) in [7, 11) is -2.66. The highest BCUT2D eigenvalue weighted by atomic mass is 28.4. The molecule has 1 heterocycles. The molecule has 27 heavy (non-hydrogen) atoms. The Morgan fingerprint density at radius 1 is 1.00 bits per heavy atom. The molecule has 0 unspecified atom stereocenters. The van der Waals surface area contributed by atoms with Gasteiger partial charge in [0.2, 0.25) is 5.89 Å². The number of benzene rings is 2. The van der Waals surface area contributed by atoms with Crippen LogP contribution in [-0.2, 0) is 11.0 Å². The molecule has 0 saturated carbocycles. The minimum absolute atomic E-state index is 0.115. The molecule has 0 bridgehead atoms. The molecule has 142 valence electrons. The third-order valence-corrected chi connectivity index (χ3v) is 9.96. The van der Waals surface area contributed by atoms with Gasteiger partial charge in [0.05, 0.1) is 6.61 Å². The molecule has 1 N–H and O–H groups in total. The molecule has 0 amide bonds. The fourth-order valence-electron chi connectivity index (χ4n) is 3.59. The predicted octanol–water partition coefficient (Wildman–Crippen LogP) is 3.80. The minimum Gasteiger partial charge on any atom is -0.446 e. The Labute approximate surface area is 162 Å². The lowest BCUT2D eigenvalue weighted by Gasteiger charge is -2.44. The number of aromatic nitrogens is 1. The van der Waals surface area contributed by atoms with Crippen LogP contribution in [0.2, 0.25) is 5.04 Å². The Bertz CT molecular complexity index is 817. The lowest BCUT2D eigenvalue weighted by Crippen LogP contribution is -2.66. The summed E-state index contributed by atoms with van der Waals surface area (Å²) in [6.45, 7) is 8.53. The van der Waals surface area contributed by atoms with Gasteiger partial charge in [-0.25, -0.2) is 4.98 Å². The Kier molecular flexibility index (Phi) is 5.65. The van der Waals surface area contributed by atoms with Gasteiger partial charge in [0.25, 0.3) is 8.32 Å². The largest absolute Gasteiger partial charge is 0.446 e. The van der Waals surface area contributed by atoms with E-state index in [0.717, 1.165) is 0 Å². The van der Waals surface area contributed by atoms with E-state index >= 15 is 0 Å². The van der Waals surface area contributed by atoms with E-state index in [1.165, 1.54) is 16.6 Å². The van der Waals surface area contributed by atoms with Gasteiger partial charge in [-0.1, -0.05) is 81.4 Å².